The molecule has 1 aliphatic carbocycles. The van der Waals surface area contributed by atoms with Crippen molar-refractivity contribution in [3.8, 4) is 11.5 Å². The minimum Gasteiger partial charge on any atom is -0.458 e. The van der Waals surface area contributed by atoms with E-state index in [-0.39, 0.29) is 6.71 Å². The van der Waals surface area contributed by atoms with Gasteiger partial charge in [0.15, 0.2) is 0 Å². The Morgan fingerprint density at radius 1 is 0.596 bits per heavy atom. The Morgan fingerprint density at radius 3 is 2.25 bits per heavy atom. The molecule has 0 fully saturated rings. The highest BCUT2D eigenvalue weighted by atomic mass is 32.1. The van der Waals surface area contributed by atoms with Gasteiger partial charge in [0.05, 0.1) is 11.4 Å². The summed E-state index contributed by atoms with van der Waals surface area (Å²) in [4.78, 5) is 4.89. The van der Waals surface area contributed by atoms with Gasteiger partial charge in [-0.1, -0.05) is 102 Å². The van der Waals surface area contributed by atoms with Crippen molar-refractivity contribution in [2.45, 2.75) is 40.0 Å². The molecule has 3 aliphatic rings. The number of anilines is 6. The summed E-state index contributed by atoms with van der Waals surface area (Å²) in [6.07, 6.45) is 3.61. The third-order valence-corrected chi connectivity index (χ3v) is 13.8. The van der Waals surface area contributed by atoms with Gasteiger partial charge in [-0.2, -0.15) is 0 Å². The van der Waals surface area contributed by atoms with E-state index in [1.54, 1.807) is 5.56 Å². The number of hydrogen-bond acceptors (Lipinski definition) is 4. The van der Waals surface area contributed by atoms with E-state index >= 15 is 0 Å². The van der Waals surface area contributed by atoms with Crippen LogP contribution in [0.2, 0.25) is 0 Å². The molecule has 0 N–H and O–H groups in total. The highest BCUT2D eigenvalue weighted by Crippen LogP contribution is 2.48. The quantitative estimate of drug-likeness (QED) is 0.167. The summed E-state index contributed by atoms with van der Waals surface area (Å²) in [5.41, 5.74) is 17.3. The lowest BCUT2D eigenvalue weighted by molar-refractivity contribution is 0.488. The number of rotatable bonds is 4. The molecule has 3 heterocycles. The molecule has 9 aromatic rings. The molecule has 0 saturated carbocycles. The van der Waals surface area contributed by atoms with Crippen molar-refractivity contribution in [1.82, 2.24) is 0 Å². The third-order valence-electron chi connectivity index (χ3n) is 12.6. The molecular weight excluding hydrogens is 711 g/mol. The van der Waals surface area contributed by atoms with Crippen molar-refractivity contribution in [3.05, 3.63) is 173 Å². The predicted octanol–water partition coefficient (Wildman–Crippen LogP) is 12.5. The molecule has 0 unspecified atom stereocenters. The summed E-state index contributed by atoms with van der Waals surface area (Å²) in [5.74, 6) is 1.85. The van der Waals surface area contributed by atoms with Crippen LogP contribution in [0.4, 0.5) is 34.1 Å². The Balaban J connectivity index is 1.16. The van der Waals surface area contributed by atoms with Gasteiger partial charge in [0.1, 0.15) is 11.5 Å². The minimum absolute atomic E-state index is 0.00936. The lowest BCUT2D eigenvalue weighted by Crippen LogP contribution is -2.59. The van der Waals surface area contributed by atoms with Crippen LogP contribution in [0, 0.1) is 20.8 Å². The van der Waals surface area contributed by atoms with Gasteiger partial charge in [-0.3, -0.25) is 0 Å². The molecular formula is C52H39BN2OS. The predicted molar refractivity (Wildman–Crippen MR) is 244 cm³/mol. The van der Waals surface area contributed by atoms with Gasteiger partial charge in [0.25, 0.3) is 6.71 Å². The van der Waals surface area contributed by atoms with E-state index in [1.165, 1.54) is 94.5 Å². The topological polar surface area (TPSA) is 15.7 Å². The molecule has 5 heteroatoms. The molecule has 8 aromatic carbocycles. The van der Waals surface area contributed by atoms with Gasteiger partial charge in [0.2, 0.25) is 0 Å². The number of benzene rings is 8. The molecule has 2 aliphatic heterocycles. The number of thiophene rings is 1. The van der Waals surface area contributed by atoms with E-state index in [2.05, 4.69) is 176 Å². The lowest BCUT2D eigenvalue weighted by atomic mass is 9.34. The van der Waals surface area contributed by atoms with Gasteiger partial charge in [0, 0.05) is 54.4 Å². The summed E-state index contributed by atoms with van der Waals surface area (Å²) in [5, 5.41) is 5.06. The summed E-state index contributed by atoms with van der Waals surface area (Å²) in [7, 11) is 0. The first-order valence-electron chi connectivity index (χ1n) is 20.2. The Labute approximate surface area is 337 Å². The number of nitrogens with zero attached hydrogens (tertiary/aromatic N) is 2. The fourth-order valence-corrected chi connectivity index (χ4v) is 11.2. The zero-order chi connectivity index (χ0) is 37.9. The molecule has 0 spiro atoms. The Morgan fingerprint density at radius 2 is 1.39 bits per heavy atom. The van der Waals surface area contributed by atoms with Crippen LogP contribution in [0.5, 0.6) is 11.5 Å². The number of aryl methyl sites for hydroxylation is 5. The molecule has 0 saturated heterocycles. The fraction of sp³-hybridized carbons (Fsp3) is 0.115. The van der Waals surface area contributed by atoms with Gasteiger partial charge in [-0.25, -0.2) is 0 Å². The molecule has 3 nitrogen and oxygen atoms in total. The smallest absolute Gasteiger partial charge is 0.256 e. The lowest BCUT2D eigenvalue weighted by Gasteiger charge is -2.41. The van der Waals surface area contributed by atoms with Crippen LogP contribution < -0.4 is 30.9 Å². The third kappa shape index (κ3) is 4.98. The van der Waals surface area contributed by atoms with Crippen molar-refractivity contribution in [2.24, 2.45) is 0 Å². The molecule has 0 atom stereocenters. The maximum Gasteiger partial charge on any atom is 0.256 e. The average Bonchev–Trinajstić information content (AvgIpc) is 3.86. The van der Waals surface area contributed by atoms with Crippen LogP contribution in [0.25, 0.3) is 30.9 Å². The van der Waals surface area contributed by atoms with Crippen molar-refractivity contribution < 1.29 is 4.74 Å². The van der Waals surface area contributed by atoms with Crippen LogP contribution in [-0.4, -0.2) is 6.71 Å². The van der Waals surface area contributed by atoms with Crippen molar-refractivity contribution >= 4 is 99.5 Å². The maximum atomic E-state index is 7.31. The maximum absolute atomic E-state index is 7.31. The second kappa shape index (κ2) is 12.4. The first-order chi connectivity index (χ1) is 28.0. The summed E-state index contributed by atoms with van der Waals surface area (Å²) >= 11 is 1.97. The first kappa shape index (κ1) is 32.9. The zero-order valence-corrected chi connectivity index (χ0v) is 33.1. The SMILES string of the molecule is Cc1ccc(N2c3ccc(C)cc3B3c4cc5sc6c7c(ccc6c5cc4Oc4cc(N(c5ccc(C)cc5)c5cccc6ccccc56)cc2c43)CCC7)cc1. The monoisotopic (exact) mass is 750 g/mol. The summed E-state index contributed by atoms with van der Waals surface area (Å²) in [6, 6.07) is 54.5. The van der Waals surface area contributed by atoms with Crippen molar-refractivity contribution in [1.29, 1.82) is 0 Å². The van der Waals surface area contributed by atoms with E-state index in [0.29, 0.717) is 0 Å². The largest absolute Gasteiger partial charge is 0.458 e. The summed E-state index contributed by atoms with van der Waals surface area (Å²) in [6.45, 7) is 6.54. The van der Waals surface area contributed by atoms with Gasteiger partial charge in [-0.05, 0) is 128 Å². The molecule has 0 amide bonds. The van der Waals surface area contributed by atoms with E-state index in [1.807, 2.05) is 11.3 Å². The average molecular weight is 751 g/mol. The second-order valence-electron chi connectivity index (χ2n) is 16.2. The van der Waals surface area contributed by atoms with E-state index in [4.69, 9.17) is 4.74 Å². The normalized spacial score (nSPS) is 13.7. The molecule has 0 radical (unpaired) electrons. The van der Waals surface area contributed by atoms with Gasteiger partial charge < -0.3 is 14.5 Å². The standard InChI is InChI=1S/C52H39BN2OS/c1-31-14-20-36(21-15-31)54(45-13-7-10-34-8-4-5-11-39(34)45)38-27-47-51-49(28-38)56-48-29-42-41-24-19-35-9-6-12-40(35)52(41)57-50(42)30-44(48)53(51)43-26-33(3)18-25-46(43)55(47)37-22-16-32(2)17-23-37/h4-5,7-8,10-11,13-30H,6,9,12H2,1-3H3. The fourth-order valence-electron chi connectivity index (χ4n) is 9.87. The van der Waals surface area contributed by atoms with Crippen LogP contribution in [-0.2, 0) is 12.8 Å². The van der Waals surface area contributed by atoms with Gasteiger partial charge in [-0.15, -0.1) is 11.3 Å². The van der Waals surface area contributed by atoms with E-state index in [9.17, 15) is 0 Å². The van der Waals surface area contributed by atoms with E-state index in [0.717, 1.165) is 39.9 Å². The minimum atomic E-state index is 0.00936. The summed E-state index contributed by atoms with van der Waals surface area (Å²) < 4.78 is 10.1. The Hall–Kier alpha value is -6.30. The molecule has 272 valence electrons. The van der Waals surface area contributed by atoms with Crippen LogP contribution in [0.1, 0.15) is 34.2 Å². The second-order valence-corrected chi connectivity index (χ2v) is 17.3. The number of ether oxygens (including phenoxy) is 1. The number of fused-ring (bicyclic) bond motifs is 10. The van der Waals surface area contributed by atoms with Crippen LogP contribution in [0.15, 0.2) is 146 Å². The molecule has 1 aromatic heterocycles. The Bertz CT molecular complexity index is 3120. The highest BCUT2D eigenvalue weighted by molar-refractivity contribution is 7.26. The van der Waals surface area contributed by atoms with Crippen LogP contribution in [0.3, 0.4) is 0 Å². The number of hydrogen-bond donors (Lipinski definition) is 0. The first-order valence-corrected chi connectivity index (χ1v) is 21.0. The Kier molecular flexibility index (Phi) is 7.13. The van der Waals surface area contributed by atoms with Crippen molar-refractivity contribution in [3.63, 3.8) is 0 Å². The van der Waals surface area contributed by atoms with E-state index < -0.39 is 0 Å². The molecule has 57 heavy (non-hydrogen) atoms. The van der Waals surface area contributed by atoms with Crippen LogP contribution >= 0.6 is 11.3 Å². The molecule has 12 rings (SSSR count). The highest BCUT2D eigenvalue weighted by Gasteiger charge is 2.43. The zero-order valence-electron chi connectivity index (χ0n) is 32.3. The van der Waals surface area contributed by atoms with Gasteiger partial charge >= 0.3 is 0 Å². The van der Waals surface area contributed by atoms with Crippen molar-refractivity contribution in [2.75, 3.05) is 9.80 Å². The molecule has 0 bridgehead atoms.